The van der Waals surface area contributed by atoms with E-state index >= 15 is 0 Å². The van der Waals surface area contributed by atoms with Gasteiger partial charge in [-0.2, -0.15) is 0 Å². The Morgan fingerprint density at radius 3 is 2.12 bits per heavy atom. The number of anilines is 2. The second kappa shape index (κ2) is 9.73. The fraction of sp³-hybridized carbons (Fsp3) is 0.250. The molecule has 0 bridgehead atoms. The summed E-state index contributed by atoms with van der Waals surface area (Å²) in [6, 6.07) is 24.0. The van der Waals surface area contributed by atoms with E-state index in [0.717, 1.165) is 47.7 Å². The van der Waals surface area contributed by atoms with Crippen LogP contribution in [0.3, 0.4) is 0 Å². The summed E-state index contributed by atoms with van der Waals surface area (Å²) < 4.78 is 5.81. The molecule has 32 heavy (non-hydrogen) atoms. The summed E-state index contributed by atoms with van der Waals surface area (Å²) >= 11 is 0. The monoisotopic (exact) mass is 426 g/mol. The second-order valence-electron chi connectivity index (χ2n) is 8.30. The third-order valence-electron chi connectivity index (χ3n) is 5.68. The molecule has 1 aliphatic heterocycles. The Labute approximate surface area is 190 Å². The number of unbranched alkanes of at least 4 members (excludes halogenated alkanes) is 1. The Kier molecular flexibility index (Phi) is 6.60. The maximum absolute atomic E-state index is 13.5. The van der Waals surface area contributed by atoms with E-state index < -0.39 is 0 Å². The number of benzene rings is 3. The molecular weight excluding hydrogens is 396 g/mol. The lowest BCUT2D eigenvalue weighted by Gasteiger charge is -2.25. The molecule has 0 unspecified atom stereocenters. The van der Waals surface area contributed by atoms with Crippen LogP contribution in [0, 0.1) is 13.8 Å². The maximum Gasteiger partial charge on any atom is 0.275 e. The van der Waals surface area contributed by atoms with Crippen LogP contribution >= 0.6 is 0 Å². The molecule has 3 aromatic carbocycles. The van der Waals surface area contributed by atoms with Gasteiger partial charge in [-0.1, -0.05) is 60.9 Å². The fourth-order valence-corrected chi connectivity index (χ4v) is 3.77. The Balaban J connectivity index is 1.63. The molecule has 1 amide bonds. The molecule has 3 aromatic rings. The van der Waals surface area contributed by atoms with E-state index in [1.165, 1.54) is 5.56 Å². The van der Waals surface area contributed by atoms with E-state index in [2.05, 4.69) is 19.2 Å². The number of hydrogen-bond acceptors (Lipinski definition) is 3. The highest BCUT2D eigenvalue weighted by atomic mass is 16.5. The Morgan fingerprint density at radius 1 is 0.875 bits per heavy atom. The number of carbonyl (C=O) groups is 1. The van der Waals surface area contributed by atoms with Crippen molar-refractivity contribution in [1.82, 2.24) is 0 Å². The van der Waals surface area contributed by atoms with Crippen LogP contribution in [0.25, 0.3) is 0 Å². The summed E-state index contributed by atoms with van der Waals surface area (Å²) in [6.45, 7) is 6.97. The molecule has 0 saturated carbocycles. The molecule has 0 aliphatic carbocycles. The molecule has 1 atom stereocenters. The van der Waals surface area contributed by atoms with Gasteiger partial charge in [0.1, 0.15) is 11.4 Å². The van der Waals surface area contributed by atoms with Crippen LogP contribution in [0.5, 0.6) is 5.75 Å². The first-order valence-corrected chi connectivity index (χ1v) is 11.2. The van der Waals surface area contributed by atoms with Crippen LogP contribution in [0.2, 0.25) is 0 Å². The molecule has 4 rings (SSSR count). The van der Waals surface area contributed by atoms with Crippen LogP contribution in [0.1, 0.15) is 42.5 Å². The number of nitrogens with one attached hydrogen (secondary N) is 1. The molecule has 0 fully saturated rings. The summed E-state index contributed by atoms with van der Waals surface area (Å²) in [5, 5.41) is 3.32. The summed E-state index contributed by atoms with van der Waals surface area (Å²) in [4.78, 5) is 15.3. The largest absolute Gasteiger partial charge is 0.494 e. The van der Waals surface area contributed by atoms with Crippen LogP contribution < -0.4 is 15.0 Å². The van der Waals surface area contributed by atoms with Gasteiger partial charge >= 0.3 is 0 Å². The van der Waals surface area contributed by atoms with Crippen LogP contribution in [0.15, 0.2) is 84.6 Å². The standard InChI is InChI=1S/C28H30N2O2/c1-4-5-18-32-25-16-10-22(11-17-25)27-19-26(29-23-12-6-20(2)7-13-23)28(31)30(27)24-14-8-21(3)9-15-24/h6-17,19,27,29H,4-5,18H2,1-3H3/t27-/m1/s1. The lowest BCUT2D eigenvalue weighted by molar-refractivity contribution is -0.114. The van der Waals surface area contributed by atoms with E-state index in [1.54, 1.807) is 0 Å². The summed E-state index contributed by atoms with van der Waals surface area (Å²) in [7, 11) is 0. The molecule has 4 nitrogen and oxygen atoms in total. The zero-order chi connectivity index (χ0) is 22.5. The molecule has 0 saturated heterocycles. The van der Waals surface area contributed by atoms with Gasteiger partial charge in [-0.15, -0.1) is 0 Å². The van der Waals surface area contributed by atoms with Crippen molar-refractivity contribution in [2.24, 2.45) is 0 Å². The highest BCUT2D eigenvalue weighted by Gasteiger charge is 2.34. The number of rotatable bonds is 8. The maximum atomic E-state index is 13.5. The van der Waals surface area contributed by atoms with Crippen molar-refractivity contribution < 1.29 is 9.53 Å². The number of aryl methyl sites for hydroxylation is 2. The van der Waals surface area contributed by atoms with Crippen LogP contribution in [0.4, 0.5) is 11.4 Å². The molecule has 164 valence electrons. The van der Waals surface area contributed by atoms with E-state index in [1.807, 2.05) is 90.7 Å². The summed E-state index contributed by atoms with van der Waals surface area (Å²) in [5.41, 5.74) is 5.76. The van der Waals surface area contributed by atoms with E-state index in [0.29, 0.717) is 5.70 Å². The molecule has 1 N–H and O–H groups in total. The molecule has 0 radical (unpaired) electrons. The van der Waals surface area contributed by atoms with Crippen molar-refractivity contribution in [2.45, 2.75) is 39.7 Å². The minimum Gasteiger partial charge on any atom is -0.494 e. The third-order valence-corrected chi connectivity index (χ3v) is 5.68. The predicted molar refractivity (Wildman–Crippen MR) is 131 cm³/mol. The Bertz CT molecular complexity index is 1080. The van der Waals surface area contributed by atoms with Crippen molar-refractivity contribution in [3.63, 3.8) is 0 Å². The Hall–Kier alpha value is -3.53. The Morgan fingerprint density at radius 2 is 1.50 bits per heavy atom. The van der Waals surface area contributed by atoms with Crippen molar-refractivity contribution in [1.29, 1.82) is 0 Å². The number of nitrogens with zero attached hydrogens (tertiary/aromatic N) is 1. The average molecular weight is 427 g/mol. The van der Waals surface area contributed by atoms with Gasteiger partial charge in [0.15, 0.2) is 0 Å². The number of amides is 1. The predicted octanol–water partition coefficient (Wildman–Crippen LogP) is 6.57. The van der Waals surface area contributed by atoms with Gasteiger partial charge in [0, 0.05) is 11.4 Å². The van der Waals surface area contributed by atoms with Crippen molar-refractivity contribution in [2.75, 3.05) is 16.8 Å². The topological polar surface area (TPSA) is 41.6 Å². The molecular formula is C28H30N2O2. The number of hydrogen-bond donors (Lipinski definition) is 1. The van der Waals surface area contributed by atoms with Crippen molar-refractivity contribution in [3.05, 3.63) is 101 Å². The van der Waals surface area contributed by atoms with Gasteiger partial charge in [0.05, 0.1) is 12.6 Å². The van der Waals surface area contributed by atoms with Crippen LogP contribution in [-0.4, -0.2) is 12.5 Å². The van der Waals surface area contributed by atoms with Gasteiger partial charge in [0.25, 0.3) is 5.91 Å². The number of carbonyl (C=O) groups excluding carboxylic acids is 1. The first-order chi connectivity index (χ1) is 15.5. The van der Waals surface area contributed by atoms with E-state index in [9.17, 15) is 4.79 Å². The first-order valence-electron chi connectivity index (χ1n) is 11.2. The van der Waals surface area contributed by atoms with Gasteiger partial charge < -0.3 is 10.1 Å². The van der Waals surface area contributed by atoms with Crippen LogP contribution in [-0.2, 0) is 4.79 Å². The zero-order valence-electron chi connectivity index (χ0n) is 19.0. The quantitative estimate of drug-likeness (QED) is 0.414. The SMILES string of the molecule is CCCCOc1ccc([C@H]2C=C(Nc3ccc(C)cc3)C(=O)N2c2ccc(C)cc2)cc1. The minimum atomic E-state index is -0.192. The highest BCUT2D eigenvalue weighted by Crippen LogP contribution is 2.36. The van der Waals surface area contributed by atoms with E-state index in [-0.39, 0.29) is 11.9 Å². The molecule has 1 aliphatic rings. The third kappa shape index (κ3) is 4.86. The zero-order valence-corrected chi connectivity index (χ0v) is 19.0. The van der Waals surface area contributed by atoms with Crippen molar-refractivity contribution in [3.8, 4) is 5.75 Å². The lowest BCUT2D eigenvalue weighted by atomic mass is 10.1. The first kappa shape index (κ1) is 21.7. The summed E-state index contributed by atoms with van der Waals surface area (Å²) in [6.07, 6.45) is 4.15. The molecule has 0 spiro atoms. The van der Waals surface area contributed by atoms with Gasteiger partial charge in [0.2, 0.25) is 0 Å². The van der Waals surface area contributed by atoms with E-state index in [4.69, 9.17) is 4.74 Å². The normalized spacial score (nSPS) is 15.6. The summed E-state index contributed by atoms with van der Waals surface area (Å²) in [5.74, 6) is 0.818. The minimum absolute atomic E-state index is 0.0392. The smallest absolute Gasteiger partial charge is 0.275 e. The lowest BCUT2D eigenvalue weighted by Crippen LogP contribution is -2.30. The molecule has 1 heterocycles. The van der Waals surface area contributed by atoms with Gasteiger partial charge in [-0.05, 0) is 68.3 Å². The van der Waals surface area contributed by atoms with Gasteiger partial charge in [-0.25, -0.2) is 0 Å². The molecule has 0 aromatic heterocycles. The average Bonchev–Trinajstić information content (AvgIpc) is 3.12. The second-order valence-corrected chi connectivity index (χ2v) is 8.30. The molecule has 4 heteroatoms. The van der Waals surface area contributed by atoms with Gasteiger partial charge in [-0.3, -0.25) is 9.69 Å². The highest BCUT2D eigenvalue weighted by molar-refractivity contribution is 6.11. The van der Waals surface area contributed by atoms with Crippen molar-refractivity contribution >= 4 is 17.3 Å². The fourth-order valence-electron chi connectivity index (χ4n) is 3.77. The number of ether oxygens (including phenoxy) is 1.